The SMILES string of the molecule is COc1ccc(S(=O)(=O)NCCC(=O)N(Cc2ccco2)Cc2ccc(C)s2)cc1OC. The van der Waals surface area contributed by atoms with E-state index in [1.165, 1.54) is 32.4 Å². The number of carbonyl (C=O) groups is 1. The largest absolute Gasteiger partial charge is 0.493 e. The Morgan fingerprint density at radius 2 is 1.88 bits per heavy atom. The molecule has 1 N–H and O–H groups in total. The number of nitrogens with one attached hydrogen (secondary N) is 1. The third-order valence-electron chi connectivity index (χ3n) is 4.72. The molecule has 0 aliphatic heterocycles. The fraction of sp³-hybridized carbons (Fsp3) is 0.318. The van der Waals surface area contributed by atoms with E-state index in [0.717, 1.165) is 9.75 Å². The van der Waals surface area contributed by atoms with Crippen LogP contribution in [0.25, 0.3) is 0 Å². The Labute approximate surface area is 191 Å². The zero-order chi connectivity index (χ0) is 23.1. The number of nitrogens with zero attached hydrogens (tertiary/aromatic N) is 1. The first-order chi connectivity index (χ1) is 15.3. The summed E-state index contributed by atoms with van der Waals surface area (Å²) in [5.41, 5.74) is 0. The van der Waals surface area contributed by atoms with Gasteiger partial charge in [0.1, 0.15) is 5.76 Å². The van der Waals surface area contributed by atoms with Gasteiger partial charge in [0.25, 0.3) is 0 Å². The number of thiophene rings is 1. The first kappa shape index (κ1) is 23.8. The fourth-order valence-electron chi connectivity index (χ4n) is 3.10. The molecular weight excluding hydrogens is 452 g/mol. The maximum atomic E-state index is 12.9. The number of methoxy groups -OCH3 is 2. The molecule has 8 nitrogen and oxygen atoms in total. The molecule has 0 atom stereocenters. The third-order valence-corrected chi connectivity index (χ3v) is 7.16. The van der Waals surface area contributed by atoms with Gasteiger partial charge in [0.05, 0.1) is 38.5 Å². The zero-order valence-electron chi connectivity index (χ0n) is 18.2. The lowest BCUT2D eigenvalue weighted by Gasteiger charge is -2.21. The first-order valence-electron chi connectivity index (χ1n) is 9.89. The predicted octanol–water partition coefficient (Wildman–Crippen LogP) is 3.56. The monoisotopic (exact) mass is 478 g/mol. The highest BCUT2D eigenvalue weighted by atomic mass is 32.2. The van der Waals surface area contributed by atoms with Crippen LogP contribution in [0.4, 0.5) is 0 Å². The van der Waals surface area contributed by atoms with E-state index in [-0.39, 0.29) is 23.8 Å². The number of sulfonamides is 1. The second kappa shape index (κ2) is 10.7. The van der Waals surface area contributed by atoms with E-state index in [9.17, 15) is 13.2 Å². The molecule has 3 aromatic rings. The standard InChI is InChI=1S/C22H26N2O6S2/c1-16-6-7-18(31-16)15-24(14-17-5-4-12-30-17)22(25)10-11-23-32(26,27)19-8-9-20(28-2)21(13-19)29-3/h4-9,12-13,23H,10-11,14-15H2,1-3H3. The van der Waals surface area contributed by atoms with Crippen molar-refractivity contribution < 1.29 is 27.1 Å². The van der Waals surface area contributed by atoms with Crippen molar-refractivity contribution in [2.45, 2.75) is 31.3 Å². The highest BCUT2D eigenvalue weighted by Gasteiger charge is 2.20. The van der Waals surface area contributed by atoms with Crippen molar-refractivity contribution in [3.63, 3.8) is 0 Å². The summed E-state index contributed by atoms with van der Waals surface area (Å²) >= 11 is 1.62. The Kier molecular flexibility index (Phi) is 7.94. The number of amides is 1. The molecule has 1 amide bonds. The van der Waals surface area contributed by atoms with Crippen molar-refractivity contribution in [3.8, 4) is 11.5 Å². The summed E-state index contributed by atoms with van der Waals surface area (Å²) in [5.74, 6) is 1.22. The van der Waals surface area contributed by atoms with Crippen LogP contribution >= 0.6 is 11.3 Å². The van der Waals surface area contributed by atoms with Gasteiger partial charge in [0.15, 0.2) is 11.5 Å². The molecule has 0 radical (unpaired) electrons. The number of hydrogen-bond acceptors (Lipinski definition) is 7. The number of furan rings is 1. The van der Waals surface area contributed by atoms with Crippen LogP contribution in [0.5, 0.6) is 11.5 Å². The smallest absolute Gasteiger partial charge is 0.240 e. The highest BCUT2D eigenvalue weighted by molar-refractivity contribution is 7.89. The lowest BCUT2D eigenvalue weighted by Crippen LogP contribution is -2.33. The van der Waals surface area contributed by atoms with Gasteiger partial charge in [-0.2, -0.15) is 0 Å². The van der Waals surface area contributed by atoms with E-state index in [1.807, 2.05) is 19.1 Å². The van der Waals surface area contributed by atoms with Crippen LogP contribution in [0.3, 0.4) is 0 Å². The first-order valence-corrected chi connectivity index (χ1v) is 12.2. The molecule has 32 heavy (non-hydrogen) atoms. The molecule has 0 aliphatic carbocycles. The molecule has 0 unspecified atom stereocenters. The normalized spacial score (nSPS) is 11.3. The fourth-order valence-corrected chi connectivity index (χ4v) is 5.05. The molecule has 0 saturated carbocycles. The summed E-state index contributed by atoms with van der Waals surface area (Å²) in [6.07, 6.45) is 1.57. The lowest BCUT2D eigenvalue weighted by molar-refractivity contribution is -0.132. The molecule has 0 spiro atoms. The minimum absolute atomic E-state index is 0.0115. The van der Waals surface area contributed by atoms with Crippen LogP contribution in [-0.2, 0) is 27.9 Å². The minimum atomic E-state index is -3.82. The van der Waals surface area contributed by atoms with Crippen molar-refractivity contribution >= 4 is 27.3 Å². The number of aryl methyl sites for hydroxylation is 1. The number of hydrogen-bond donors (Lipinski definition) is 1. The van der Waals surface area contributed by atoms with Crippen LogP contribution in [-0.4, -0.2) is 40.0 Å². The Balaban J connectivity index is 1.64. The van der Waals surface area contributed by atoms with Crippen molar-refractivity contribution in [3.05, 3.63) is 64.2 Å². The highest BCUT2D eigenvalue weighted by Crippen LogP contribution is 2.29. The van der Waals surface area contributed by atoms with Crippen LogP contribution in [0.15, 0.2) is 58.0 Å². The molecule has 10 heteroatoms. The van der Waals surface area contributed by atoms with Gasteiger partial charge in [0, 0.05) is 28.8 Å². The summed E-state index contributed by atoms with van der Waals surface area (Å²) in [5, 5.41) is 0. The van der Waals surface area contributed by atoms with Crippen molar-refractivity contribution in [1.29, 1.82) is 0 Å². The van der Waals surface area contributed by atoms with Crippen LogP contribution in [0.2, 0.25) is 0 Å². The van der Waals surface area contributed by atoms with Crippen LogP contribution in [0, 0.1) is 6.92 Å². The quantitative estimate of drug-likeness (QED) is 0.453. The average molecular weight is 479 g/mol. The molecule has 3 rings (SSSR count). The van der Waals surface area contributed by atoms with Gasteiger partial charge in [-0.1, -0.05) is 0 Å². The summed E-state index contributed by atoms with van der Waals surface area (Å²) in [6, 6.07) is 11.9. The molecular formula is C22H26N2O6S2. The van der Waals surface area contributed by atoms with E-state index in [0.29, 0.717) is 30.3 Å². The second-order valence-electron chi connectivity index (χ2n) is 7.01. The van der Waals surface area contributed by atoms with Gasteiger partial charge in [-0.25, -0.2) is 13.1 Å². The Morgan fingerprint density at radius 3 is 2.50 bits per heavy atom. The number of ether oxygens (including phenoxy) is 2. The molecule has 1 aromatic carbocycles. The molecule has 2 aromatic heterocycles. The molecule has 2 heterocycles. The van der Waals surface area contributed by atoms with E-state index in [4.69, 9.17) is 13.9 Å². The number of rotatable bonds is 11. The Morgan fingerprint density at radius 1 is 1.09 bits per heavy atom. The Bertz CT molecular complexity index is 1140. The summed E-state index contributed by atoms with van der Waals surface area (Å²) in [7, 11) is -0.910. The average Bonchev–Trinajstić information content (AvgIpc) is 3.44. The van der Waals surface area contributed by atoms with Gasteiger partial charge >= 0.3 is 0 Å². The topological polar surface area (TPSA) is 98.1 Å². The number of benzene rings is 1. The third kappa shape index (κ3) is 6.12. The maximum Gasteiger partial charge on any atom is 0.240 e. The van der Waals surface area contributed by atoms with Crippen LogP contribution < -0.4 is 14.2 Å². The summed E-state index contributed by atoms with van der Waals surface area (Å²) in [6.45, 7) is 2.72. The van der Waals surface area contributed by atoms with Gasteiger partial charge in [0.2, 0.25) is 15.9 Å². The summed E-state index contributed by atoms with van der Waals surface area (Å²) in [4.78, 5) is 16.8. The van der Waals surface area contributed by atoms with E-state index >= 15 is 0 Å². The molecule has 0 saturated heterocycles. The predicted molar refractivity (Wildman–Crippen MR) is 121 cm³/mol. The molecule has 0 fully saturated rings. The van der Waals surface area contributed by atoms with Gasteiger partial charge in [-0.05, 0) is 43.3 Å². The van der Waals surface area contributed by atoms with Crippen LogP contribution in [0.1, 0.15) is 21.9 Å². The molecule has 0 bridgehead atoms. The van der Waals surface area contributed by atoms with E-state index in [2.05, 4.69) is 4.72 Å². The van der Waals surface area contributed by atoms with E-state index in [1.54, 1.807) is 34.6 Å². The van der Waals surface area contributed by atoms with Crippen molar-refractivity contribution in [2.24, 2.45) is 0 Å². The zero-order valence-corrected chi connectivity index (χ0v) is 19.8. The van der Waals surface area contributed by atoms with E-state index < -0.39 is 10.0 Å². The lowest BCUT2D eigenvalue weighted by atomic mass is 10.3. The van der Waals surface area contributed by atoms with Crippen molar-refractivity contribution in [2.75, 3.05) is 20.8 Å². The van der Waals surface area contributed by atoms with Gasteiger partial charge in [-0.15, -0.1) is 11.3 Å². The minimum Gasteiger partial charge on any atom is -0.493 e. The van der Waals surface area contributed by atoms with Gasteiger partial charge in [-0.3, -0.25) is 4.79 Å². The molecule has 0 aliphatic rings. The van der Waals surface area contributed by atoms with Gasteiger partial charge < -0.3 is 18.8 Å². The maximum absolute atomic E-state index is 12.9. The van der Waals surface area contributed by atoms with Crippen molar-refractivity contribution in [1.82, 2.24) is 9.62 Å². The Hall–Kier alpha value is -2.82. The molecule has 172 valence electrons. The number of carbonyl (C=O) groups excluding carboxylic acids is 1. The summed E-state index contributed by atoms with van der Waals surface area (Å²) < 4.78 is 43.5. The second-order valence-corrected chi connectivity index (χ2v) is 10.1.